The minimum absolute atomic E-state index is 0.0170. The summed E-state index contributed by atoms with van der Waals surface area (Å²) in [4.78, 5) is 24.1. The average molecular weight is 606 g/mol. The maximum absolute atomic E-state index is 12.9. The first-order valence-electron chi connectivity index (χ1n) is 16.6. The van der Waals surface area contributed by atoms with Crippen LogP contribution in [0.5, 0.6) is 0 Å². The number of amides is 1. The largest absolute Gasteiger partial charge is 0.453 e. The monoisotopic (exact) mass is 605 g/mol. The van der Waals surface area contributed by atoms with E-state index in [9.17, 15) is 36.6 Å². The van der Waals surface area contributed by atoms with Crippen LogP contribution in [0.4, 0.5) is 22.0 Å². The number of aliphatic hydroxyl groups is 1. The maximum atomic E-state index is 12.9. The zero-order valence-corrected chi connectivity index (χ0v) is 25.6. The van der Waals surface area contributed by atoms with E-state index < -0.39 is 30.8 Å². The quantitative estimate of drug-likeness (QED) is 0.164. The van der Waals surface area contributed by atoms with E-state index in [-0.39, 0.29) is 23.4 Å². The Kier molecular flexibility index (Phi) is 10.7. The number of unbranched alkanes of at least 4 members (excludes halogenated alkanes) is 5. The molecule has 0 unspecified atom stereocenters. The Morgan fingerprint density at radius 2 is 1.62 bits per heavy atom. The molecule has 242 valence electrons. The summed E-state index contributed by atoms with van der Waals surface area (Å²) in [6, 6.07) is 0. The zero-order chi connectivity index (χ0) is 30.8. The summed E-state index contributed by atoms with van der Waals surface area (Å²) in [6.45, 7) is 5.23. The lowest BCUT2D eigenvalue weighted by atomic mass is 9.42. The topological polar surface area (TPSA) is 66.4 Å². The predicted octanol–water partition coefficient (Wildman–Crippen LogP) is 8.40. The van der Waals surface area contributed by atoms with Crippen molar-refractivity contribution >= 4 is 11.7 Å². The summed E-state index contributed by atoms with van der Waals surface area (Å²) in [7, 11) is 0. The van der Waals surface area contributed by atoms with Crippen LogP contribution in [0.2, 0.25) is 0 Å². The predicted molar refractivity (Wildman–Crippen MR) is 152 cm³/mol. The molecular weight excluding hydrogens is 553 g/mol. The van der Waals surface area contributed by atoms with Crippen LogP contribution in [-0.4, -0.2) is 41.5 Å². The van der Waals surface area contributed by atoms with E-state index in [1.807, 2.05) is 0 Å². The van der Waals surface area contributed by atoms with Gasteiger partial charge in [0, 0.05) is 32.2 Å². The second-order valence-electron chi connectivity index (χ2n) is 14.7. The zero-order valence-electron chi connectivity index (χ0n) is 25.6. The summed E-state index contributed by atoms with van der Waals surface area (Å²) in [5, 5.41) is 13.7. The Hall–Kier alpha value is -1.25. The third-order valence-electron chi connectivity index (χ3n) is 12.1. The lowest BCUT2D eigenvalue weighted by Gasteiger charge is -2.62. The summed E-state index contributed by atoms with van der Waals surface area (Å²) in [6.07, 6.45) is 7.33. The van der Waals surface area contributed by atoms with E-state index in [1.165, 1.54) is 12.8 Å². The Morgan fingerprint density at radius 3 is 2.33 bits per heavy atom. The van der Waals surface area contributed by atoms with Crippen molar-refractivity contribution in [3.05, 3.63) is 0 Å². The number of halogens is 5. The van der Waals surface area contributed by atoms with Crippen molar-refractivity contribution in [2.45, 2.75) is 148 Å². The number of fused-ring (bicyclic) bond motifs is 5. The van der Waals surface area contributed by atoms with Gasteiger partial charge in [0.1, 0.15) is 5.78 Å². The van der Waals surface area contributed by atoms with Gasteiger partial charge in [-0.15, -0.1) is 0 Å². The van der Waals surface area contributed by atoms with Gasteiger partial charge in [-0.25, -0.2) is 0 Å². The molecule has 0 saturated heterocycles. The number of rotatable bonds is 13. The molecule has 0 heterocycles. The molecule has 0 bridgehead atoms. The first-order valence-corrected chi connectivity index (χ1v) is 16.6. The van der Waals surface area contributed by atoms with Crippen molar-refractivity contribution in [1.29, 1.82) is 0 Å². The molecule has 8 atom stereocenters. The highest BCUT2D eigenvalue weighted by molar-refractivity contribution is 5.79. The number of alkyl halides is 5. The SMILES string of the molecule is C[C@]12CCC(=O)C[C@@H]1CC[C@@H]1[C@@H]2[C@@H](CCCCCCCCNC(=O)CCCC(F)(F)C(F)(F)F)C[C@]2(C)[C@@H](O)CC[C@@H]12. The Morgan fingerprint density at radius 1 is 0.929 bits per heavy atom. The minimum atomic E-state index is -5.57. The molecule has 42 heavy (non-hydrogen) atoms. The van der Waals surface area contributed by atoms with Crippen LogP contribution >= 0.6 is 0 Å². The number of carbonyl (C=O) groups is 2. The number of ketones is 1. The summed E-state index contributed by atoms with van der Waals surface area (Å²) >= 11 is 0. The molecule has 4 rings (SSSR count). The van der Waals surface area contributed by atoms with E-state index in [4.69, 9.17) is 0 Å². The molecule has 4 saturated carbocycles. The van der Waals surface area contributed by atoms with Gasteiger partial charge in [-0.1, -0.05) is 52.4 Å². The molecule has 0 spiro atoms. The molecule has 4 fully saturated rings. The lowest BCUT2D eigenvalue weighted by Crippen LogP contribution is -2.57. The molecule has 4 aliphatic carbocycles. The maximum Gasteiger partial charge on any atom is 0.453 e. The van der Waals surface area contributed by atoms with Crippen LogP contribution in [-0.2, 0) is 9.59 Å². The van der Waals surface area contributed by atoms with Crippen molar-refractivity contribution in [3.8, 4) is 0 Å². The molecule has 4 aliphatic rings. The van der Waals surface area contributed by atoms with Crippen molar-refractivity contribution in [1.82, 2.24) is 5.32 Å². The fourth-order valence-electron chi connectivity index (χ4n) is 9.87. The fraction of sp³-hybridized carbons (Fsp3) is 0.939. The Bertz CT molecular complexity index is 941. The third kappa shape index (κ3) is 7.17. The van der Waals surface area contributed by atoms with E-state index in [0.717, 1.165) is 83.5 Å². The molecular formula is C33H52F5NO3. The number of hydrogen-bond acceptors (Lipinski definition) is 3. The second-order valence-corrected chi connectivity index (χ2v) is 14.7. The molecule has 0 radical (unpaired) electrons. The average Bonchev–Trinajstić information content (AvgIpc) is 3.20. The van der Waals surface area contributed by atoms with Gasteiger partial charge in [-0.2, -0.15) is 22.0 Å². The highest BCUT2D eigenvalue weighted by Crippen LogP contribution is 2.68. The highest BCUT2D eigenvalue weighted by atomic mass is 19.4. The van der Waals surface area contributed by atoms with Crippen molar-refractivity contribution in [2.24, 2.45) is 40.4 Å². The van der Waals surface area contributed by atoms with E-state index >= 15 is 0 Å². The number of nitrogens with one attached hydrogen (secondary N) is 1. The number of aliphatic hydroxyl groups excluding tert-OH is 1. The van der Waals surface area contributed by atoms with Gasteiger partial charge in [-0.3, -0.25) is 9.59 Å². The fourth-order valence-corrected chi connectivity index (χ4v) is 9.87. The van der Waals surface area contributed by atoms with E-state index in [0.29, 0.717) is 41.9 Å². The van der Waals surface area contributed by atoms with Gasteiger partial charge in [0.2, 0.25) is 5.91 Å². The highest BCUT2D eigenvalue weighted by Gasteiger charge is 2.62. The van der Waals surface area contributed by atoms with Gasteiger partial charge < -0.3 is 10.4 Å². The first-order chi connectivity index (χ1) is 19.7. The molecule has 4 nitrogen and oxygen atoms in total. The molecule has 0 aromatic heterocycles. The second kappa shape index (κ2) is 13.4. The van der Waals surface area contributed by atoms with Gasteiger partial charge in [0.25, 0.3) is 0 Å². The number of carbonyl (C=O) groups excluding carboxylic acids is 2. The number of hydrogen-bond donors (Lipinski definition) is 2. The minimum Gasteiger partial charge on any atom is -0.393 e. The van der Waals surface area contributed by atoms with Crippen LogP contribution in [0.3, 0.4) is 0 Å². The molecule has 9 heteroatoms. The Balaban J connectivity index is 1.16. The summed E-state index contributed by atoms with van der Waals surface area (Å²) in [5.74, 6) is -1.77. The van der Waals surface area contributed by atoms with Crippen molar-refractivity contribution in [3.63, 3.8) is 0 Å². The van der Waals surface area contributed by atoms with Gasteiger partial charge in [0.05, 0.1) is 6.10 Å². The normalized spacial score (nSPS) is 36.7. The molecule has 0 aliphatic heterocycles. The number of Topliss-reactive ketones (excluding diaryl/α,β-unsaturated/α-hetero) is 1. The first kappa shape index (κ1) is 33.6. The van der Waals surface area contributed by atoms with E-state index in [1.54, 1.807) is 0 Å². The van der Waals surface area contributed by atoms with Crippen molar-refractivity contribution < 1.29 is 36.6 Å². The Labute approximate surface area is 248 Å². The smallest absolute Gasteiger partial charge is 0.393 e. The van der Waals surface area contributed by atoms with Crippen molar-refractivity contribution in [2.75, 3.05) is 6.54 Å². The van der Waals surface area contributed by atoms with Gasteiger partial charge >= 0.3 is 12.1 Å². The molecule has 2 N–H and O–H groups in total. The molecule has 0 aromatic rings. The molecule has 1 amide bonds. The van der Waals surface area contributed by atoms with Crippen LogP contribution < -0.4 is 5.32 Å². The standard InChI is InChI=1S/C33H52F5NO3/c1-30-18-16-24(40)20-23(30)12-13-25-26-14-15-27(41)31(26,2)21-22(29(25)30)10-7-5-3-4-6-8-19-39-28(42)11-9-17-32(34,35)33(36,37)38/h22-23,25-27,29,41H,3-21H2,1-2H3,(H,39,42)/t22-,23-,25-,26-,27-,29-,30-,31-/m0/s1. The lowest BCUT2D eigenvalue weighted by molar-refractivity contribution is -0.284. The van der Waals surface area contributed by atoms with Crippen LogP contribution in [0.15, 0.2) is 0 Å². The van der Waals surface area contributed by atoms with Crippen LogP contribution in [0, 0.1) is 40.4 Å². The van der Waals surface area contributed by atoms with Crippen LogP contribution in [0.1, 0.15) is 129 Å². The van der Waals surface area contributed by atoms with Gasteiger partial charge in [-0.05, 0) is 91.8 Å². The summed E-state index contributed by atoms with van der Waals surface area (Å²) < 4.78 is 62.5. The van der Waals surface area contributed by atoms with E-state index in [2.05, 4.69) is 19.2 Å². The summed E-state index contributed by atoms with van der Waals surface area (Å²) in [5.41, 5.74) is 0.253. The molecule has 0 aromatic carbocycles. The third-order valence-corrected chi connectivity index (χ3v) is 12.1. The van der Waals surface area contributed by atoms with Gasteiger partial charge in [0.15, 0.2) is 0 Å². The van der Waals surface area contributed by atoms with Crippen LogP contribution in [0.25, 0.3) is 0 Å².